The van der Waals surface area contributed by atoms with E-state index in [1.165, 1.54) is 11.8 Å². The van der Waals surface area contributed by atoms with Crippen LogP contribution in [0.15, 0.2) is 99.7 Å². The summed E-state index contributed by atoms with van der Waals surface area (Å²) < 4.78 is 28.7. The minimum Gasteiger partial charge on any atom is -0.392 e. The molecule has 0 amide bonds. The van der Waals surface area contributed by atoms with Gasteiger partial charge in [-0.25, -0.2) is 13.1 Å². The lowest BCUT2D eigenvalue weighted by Crippen LogP contribution is -2.24. The standard InChI is InChI=1S/C23H20N2O3S2/c26-16-19-8-2-4-12-21(19)29-20-11-3-1-7-18(20)15-25-30(27,28)22-13-5-9-17-10-6-14-24-23(17)22/h1-14,25-26H,15-16H2. The minimum atomic E-state index is -3.75. The van der Waals surface area contributed by atoms with E-state index in [-0.39, 0.29) is 18.0 Å². The Kier molecular flexibility index (Phi) is 6.15. The van der Waals surface area contributed by atoms with E-state index in [0.29, 0.717) is 5.52 Å². The van der Waals surface area contributed by atoms with Gasteiger partial charge >= 0.3 is 0 Å². The van der Waals surface area contributed by atoms with Crippen molar-refractivity contribution in [3.8, 4) is 0 Å². The number of aromatic nitrogens is 1. The van der Waals surface area contributed by atoms with Crippen molar-refractivity contribution in [1.29, 1.82) is 0 Å². The molecule has 0 fully saturated rings. The fraction of sp³-hybridized carbons (Fsp3) is 0.0870. The van der Waals surface area contributed by atoms with Crippen molar-refractivity contribution in [2.45, 2.75) is 27.8 Å². The van der Waals surface area contributed by atoms with Crippen LogP contribution in [0.2, 0.25) is 0 Å². The zero-order chi connectivity index (χ0) is 21.0. The van der Waals surface area contributed by atoms with Gasteiger partial charge in [0.05, 0.1) is 12.1 Å². The van der Waals surface area contributed by atoms with Crippen LogP contribution in [0.5, 0.6) is 0 Å². The normalized spacial score (nSPS) is 11.6. The van der Waals surface area contributed by atoms with E-state index in [1.807, 2.05) is 60.7 Å². The number of benzene rings is 3. The number of hydrogen-bond acceptors (Lipinski definition) is 5. The number of fused-ring (bicyclic) bond motifs is 1. The van der Waals surface area contributed by atoms with Gasteiger partial charge in [-0.05, 0) is 35.4 Å². The molecule has 152 valence electrons. The lowest BCUT2D eigenvalue weighted by molar-refractivity contribution is 0.279. The lowest BCUT2D eigenvalue weighted by atomic mass is 10.2. The molecule has 4 rings (SSSR count). The van der Waals surface area contributed by atoms with E-state index in [9.17, 15) is 13.5 Å². The molecule has 0 unspecified atom stereocenters. The van der Waals surface area contributed by atoms with E-state index in [4.69, 9.17) is 0 Å². The van der Waals surface area contributed by atoms with Gasteiger partial charge in [-0.1, -0.05) is 66.4 Å². The summed E-state index contributed by atoms with van der Waals surface area (Å²) in [5.41, 5.74) is 2.14. The van der Waals surface area contributed by atoms with E-state index >= 15 is 0 Å². The molecule has 0 aliphatic carbocycles. The molecule has 1 heterocycles. The summed E-state index contributed by atoms with van der Waals surface area (Å²) >= 11 is 1.51. The topological polar surface area (TPSA) is 79.3 Å². The first-order chi connectivity index (χ1) is 14.6. The van der Waals surface area contributed by atoms with Crippen molar-refractivity contribution in [3.63, 3.8) is 0 Å². The van der Waals surface area contributed by atoms with Crippen LogP contribution in [0.3, 0.4) is 0 Å². The number of aliphatic hydroxyl groups is 1. The smallest absolute Gasteiger partial charge is 0.243 e. The fourth-order valence-electron chi connectivity index (χ4n) is 3.15. The summed E-state index contributed by atoms with van der Waals surface area (Å²) in [5.74, 6) is 0. The van der Waals surface area contributed by atoms with Crippen LogP contribution in [0.25, 0.3) is 10.9 Å². The molecule has 7 heteroatoms. The maximum absolute atomic E-state index is 13.0. The highest BCUT2D eigenvalue weighted by Crippen LogP contribution is 2.33. The average Bonchev–Trinajstić information content (AvgIpc) is 2.78. The Bertz CT molecular complexity index is 1290. The van der Waals surface area contributed by atoms with Crippen LogP contribution < -0.4 is 4.72 Å². The van der Waals surface area contributed by atoms with Crippen molar-refractivity contribution in [1.82, 2.24) is 9.71 Å². The molecule has 2 N–H and O–H groups in total. The Labute approximate surface area is 179 Å². The molecule has 0 saturated heterocycles. The van der Waals surface area contributed by atoms with Crippen molar-refractivity contribution in [2.75, 3.05) is 0 Å². The highest BCUT2D eigenvalue weighted by Gasteiger charge is 2.18. The molecular weight excluding hydrogens is 416 g/mol. The van der Waals surface area contributed by atoms with Crippen LogP contribution in [0, 0.1) is 0 Å². The van der Waals surface area contributed by atoms with E-state index in [1.54, 1.807) is 24.4 Å². The third-order valence-corrected chi connectivity index (χ3v) is 7.34. The molecule has 1 aromatic heterocycles. The first kappa shape index (κ1) is 20.6. The van der Waals surface area contributed by atoms with Gasteiger partial charge in [0.15, 0.2) is 0 Å². The Morgan fingerprint density at radius 2 is 1.50 bits per heavy atom. The summed E-state index contributed by atoms with van der Waals surface area (Å²) in [6, 6.07) is 24.0. The second kappa shape index (κ2) is 8.97. The summed E-state index contributed by atoms with van der Waals surface area (Å²) in [6.07, 6.45) is 1.59. The Balaban J connectivity index is 1.60. The quantitative estimate of drug-likeness (QED) is 0.450. The number of nitrogens with one attached hydrogen (secondary N) is 1. The average molecular weight is 437 g/mol. The van der Waals surface area contributed by atoms with Crippen molar-refractivity contribution in [3.05, 3.63) is 96.2 Å². The van der Waals surface area contributed by atoms with Crippen molar-refractivity contribution in [2.24, 2.45) is 0 Å². The fourth-order valence-corrected chi connectivity index (χ4v) is 5.39. The van der Waals surface area contributed by atoms with E-state index in [0.717, 1.165) is 26.3 Å². The number of para-hydroxylation sites is 1. The highest BCUT2D eigenvalue weighted by molar-refractivity contribution is 7.99. The second-order valence-electron chi connectivity index (χ2n) is 6.63. The molecule has 0 bridgehead atoms. The van der Waals surface area contributed by atoms with Crippen LogP contribution in [-0.4, -0.2) is 18.5 Å². The Hall–Kier alpha value is -2.71. The molecular formula is C23H20N2O3S2. The molecule has 5 nitrogen and oxygen atoms in total. The first-order valence-electron chi connectivity index (χ1n) is 9.36. The molecule has 4 aromatic rings. The SMILES string of the molecule is O=S(=O)(NCc1ccccc1Sc1ccccc1CO)c1cccc2cccnc12. The molecule has 0 spiro atoms. The Morgan fingerprint density at radius 1 is 0.833 bits per heavy atom. The third-order valence-electron chi connectivity index (χ3n) is 4.67. The molecule has 3 aromatic carbocycles. The third kappa shape index (κ3) is 4.39. The van der Waals surface area contributed by atoms with Gasteiger partial charge < -0.3 is 5.11 Å². The predicted octanol–water partition coefficient (Wildman–Crippen LogP) is 4.36. The highest BCUT2D eigenvalue weighted by atomic mass is 32.2. The number of pyridine rings is 1. The molecule has 0 aliphatic rings. The largest absolute Gasteiger partial charge is 0.392 e. The van der Waals surface area contributed by atoms with Crippen molar-refractivity contribution >= 4 is 32.7 Å². The van der Waals surface area contributed by atoms with Gasteiger partial charge in [-0.2, -0.15) is 0 Å². The van der Waals surface area contributed by atoms with Gasteiger partial charge in [0.25, 0.3) is 0 Å². The van der Waals surface area contributed by atoms with Gasteiger partial charge in [0.1, 0.15) is 4.90 Å². The lowest BCUT2D eigenvalue weighted by Gasteiger charge is -2.13. The molecule has 30 heavy (non-hydrogen) atoms. The van der Waals surface area contributed by atoms with Crippen LogP contribution in [0.4, 0.5) is 0 Å². The second-order valence-corrected chi connectivity index (χ2v) is 9.45. The number of rotatable bonds is 7. The predicted molar refractivity (Wildman–Crippen MR) is 119 cm³/mol. The number of sulfonamides is 1. The van der Waals surface area contributed by atoms with Crippen LogP contribution in [-0.2, 0) is 23.2 Å². The molecule has 0 radical (unpaired) electrons. The van der Waals surface area contributed by atoms with Gasteiger partial charge in [0.2, 0.25) is 10.0 Å². The molecule has 0 atom stereocenters. The van der Waals surface area contributed by atoms with E-state index < -0.39 is 10.0 Å². The Morgan fingerprint density at radius 3 is 2.27 bits per heavy atom. The van der Waals surface area contributed by atoms with Gasteiger partial charge in [0, 0.05) is 27.9 Å². The monoisotopic (exact) mass is 436 g/mol. The minimum absolute atomic E-state index is 0.0496. The summed E-state index contributed by atoms with van der Waals surface area (Å²) in [4.78, 5) is 6.28. The number of aliphatic hydroxyl groups excluding tert-OH is 1. The van der Waals surface area contributed by atoms with Gasteiger partial charge in [-0.3, -0.25) is 4.98 Å². The van der Waals surface area contributed by atoms with Gasteiger partial charge in [-0.15, -0.1) is 0 Å². The zero-order valence-corrected chi connectivity index (χ0v) is 17.7. The summed E-state index contributed by atoms with van der Waals surface area (Å²) in [5, 5.41) is 10.4. The summed E-state index contributed by atoms with van der Waals surface area (Å²) in [7, 11) is -3.75. The maximum atomic E-state index is 13.0. The first-order valence-corrected chi connectivity index (χ1v) is 11.7. The summed E-state index contributed by atoms with van der Waals surface area (Å²) in [6.45, 7) is 0.0993. The zero-order valence-electron chi connectivity index (χ0n) is 16.0. The van der Waals surface area contributed by atoms with Crippen LogP contribution >= 0.6 is 11.8 Å². The van der Waals surface area contributed by atoms with Crippen LogP contribution in [0.1, 0.15) is 11.1 Å². The maximum Gasteiger partial charge on any atom is 0.243 e. The number of nitrogens with zero attached hydrogens (tertiary/aromatic N) is 1. The van der Waals surface area contributed by atoms with E-state index in [2.05, 4.69) is 9.71 Å². The molecule has 0 aliphatic heterocycles. The number of hydrogen-bond donors (Lipinski definition) is 2. The molecule has 0 saturated carbocycles. The van der Waals surface area contributed by atoms with Crippen molar-refractivity contribution < 1.29 is 13.5 Å².